The Morgan fingerprint density at radius 3 is 3.00 bits per heavy atom. The predicted octanol–water partition coefficient (Wildman–Crippen LogP) is 1.45. The molecule has 0 unspecified atom stereocenters. The Bertz CT molecular complexity index is 298. The van der Waals surface area contributed by atoms with E-state index in [2.05, 4.69) is 36.2 Å². The summed E-state index contributed by atoms with van der Waals surface area (Å²) in [6.45, 7) is 10.5. The fourth-order valence-electron chi connectivity index (χ4n) is 1.38. The van der Waals surface area contributed by atoms with Crippen molar-refractivity contribution in [2.45, 2.75) is 40.3 Å². The summed E-state index contributed by atoms with van der Waals surface area (Å²) < 4.78 is 7.34. The second-order valence-electron chi connectivity index (χ2n) is 4.57. The Labute approximate surface area is 104 Å². The molecule has 0 atom stereocenters. The predicted molar refractivity (Wildman–Crippen MR) is 67.7 cm³/mol. The molecule has 0 amide bonds. The first-order valence-corrected chi connectivity index (χ1v) is 6.39. The summed E-state index contributed by atoms with van der Waals surface area (Å²) in [5.74, 6) is 1.43. The van der Waals surface area contributed by atoms with Gasteiger partial charge in [0.1, 0.15) is 6.33 Å². The Morgan fingerprint density at radius 2 is 2.29 bits per heavy atom. The Kier molecular flexibility index (Phi) is 6.81. The van der Waals surface area contributed by atoms with Gasteiger partial charge >= 0.3 is 0 Å². The van der Waals surface area contributed by atoms with Crippen molar-refractivity contribution < 1.29 is 4.74 Å². The maximum Gasteiger partial charge on any atom is 0.164 e. The zero-order valence-electron chi connectivity index (χ0n) is 11.1. The third kappa shape index (κ3) is 6.38. The molecule has 98 valence electrons. The highest BCUT2D eigenvalue weighted by Crippen LogP contribution is 1.94. The molecule has 5 heteroatoms. The van der Waals surface area contributed by atoms with E-state index in [1.165, 1.54) is 0 Å². The average molecular weight is 240 g/mol. The second-order valence-corrected chi connectivity index (χ2v) is 4.57. The average Bonchev–Trinajstić information content (AvgIpc) is 2.73. The molecule has 0 aromatic carbocycles. The lowest BCUT2D eigenvalue weighted by Crippen LogP contribution is -2.15. The number of hydrogen-bond donors (Lipinski definition) is 1. The summed E-state index contributed by atoms with van der Waals surface area (Å²) in [4.78, 5) is 4.24. The molecule has 0 aliphatic heterocycles. The molecule has 1 N–H and O–H groups in total. The van der Waals surface area contributed by atoms with Gasteiger partial charge in [-0.25, -0.2) is 4.98 Å². The van der Waals surface area contributed by atoms with Crippen LogP contribution in [0.2, 0.25) is 0 Å². The van der Waals surface area contributed by atoms with Crippen molar-refractivity contribution in [3.8, 4) is 0 Å². The zero-order valence-corrected chi connectivity index (χ0v) is 11.1. The van der Waals surface area contributed by atoms with E-state index in [4.69, 9.17) is 4.74 Å². The lowest BCUT2D eigenvalue weighted by Gasteiger charge is -2.06. The van der Waals surface area contributed by atoms with Crippen molar-refractivity contribution in [1.29, 1.82) is 0 Å². The molecular formula is C12H24N4O. The van der Waals surface area contributed by atoms with Crippen LogP contribution in [0.4, 0.5) is 0 Å². The Morgan fingerprint density at radius 1 is 1.47 bits per heavy atom. The van der Waals surface area contributed by atoms with E-state index >= 15 is 0 Å². The number of aromatic nitrogens is 3. The standard InChI is InChI=1S/C12H24N4O/c1-4-5-13-8-12-14-10-16(15-12)6-7-17-9-11(2)3/h10-11,13H,4-9H2,1-3H3. The highest BCUT2D eigenvalue weighted by atomic mass is 16.5. The summed E-state index contributed by atoms with van der Waals surface area (Å²) in [5.41, 5.74) is 0. The van der Waals surface area contributed by atoms with Crippen LogP contribution in [-0.2, 0) is 17.8 Å². The zero-order chi connectivity index (χ0) is 12.5. The van der Waals surface area contributed by atoms with Crippen LogP contribution in [0.25, 0.3) is 0 Å². The maximum atomic E-state index is 5.50. The number of nitrogens with zero attached hydrogens (tertiary/aromatic N) is 3. The molecule has 0 aliphatic rings. The van der Waals surface area contributed by atoms with Gasteiger partial charge in [0.2, 0.25) is 0 Å². The minimum absolute atomic E-state index is 0.583. The van der Waals surface area contributed by atoms with Gasteiger partial charge in [0.05, 0.1) is 19.7 Å². The van der Waals surface area contributed by atoms with Crippen molar-refractivity contribution in [2.75, 3.05) is 19.8 Å². The fourth-order valence-corrected chi connectivity index (χ4v) is 1.38. The molecule has 0 fully saturated rings. The van der Waals surface area contributed by atoms with Crippen LogP contribution in [0, 0.1) is 5.92 Å². The Hall–Kier alpha value is -0.940. The van der Waals surface area contributed by atoms with Gasteiger partial charge in [0.15, 0.2) is 5.82 Å². The molecule has 1 rings (SSSR count). The lowest BCUT2D eigenvalue weighted by molar-refractivity contribution is 0.101. The summed E-state index contributed by atoms with van der Waals surface area (Å²) in [7, 11) is 0. The molecular weight excluding hydrogens is 216 g/mol. The minimum Gasteiger partial charge on any atom is -0.379 e. The van der Waals surface area contributed by atoms with Gasteiger partial charge in [-0.2, -0.15) is 5.10 Å². The van der Waals surface area contributed by atoms with Gasteiger partial charge in [-0.05, 0) is 18.9 Å². The van der Waals surface area contributed by atoms with E-state index in [1.807, 2.05) is 4.68 Å². The van der Waals surface area contributed by atoms with Crippen LogP contribution in [0.1, 0.15) is 33.0 Å². The molecule has 0 radical (unpaired) electrons. The molecule has 5 nitrogen and oxygen atoms in total. The largest absolute Gasteiger partial charge is 0.379 e. The number of nitrogens with one attached hydrogen (secondary N) is 1. The molecule has 0 aliphatic carbocycles. The van der Waals surface area contributed by atoms with Gasteiger partial charge < -0.3 is 10.1 Å². The van der Waals surface area contributed by atoms with Gasteiger partial charge in [-0.1, -0.05) is 20.8 Å². The van der Waals surface area contributed by atoms with Crippen molar-refractivity contribution in [2.24, 2.45) is 5.92 Å². The molecule has 17 heavy (non-hydrogen) atoms. The molecule has 0 saturated carbocycles. The minimum atomic E-state index is 0.583. The number of ether oxygens (including phenoxy) is 1. The summed E-state index contributed by atoms with van der Waals surface area (Å²) in [5, 5.41) is 7.64. The second kappa shape index (κ2) is 8.20. The summed E-state index contributed by atoms with van der Waals surface area (Å²) >= 11 is 0. The smallest absolute Gasteiger partial charge is 0.164 e. The number of rotatable bonds is 9. The highest BCUT2D eigenvalue weighted by Gasteiger charge is 2.00. The van der Waals surface area contributed by atoms with E-state index < -0.39 is 0 Å². The lowest BCUT2D eigenvalue weighted by atomic mass is 10.2. The van der Waals surface area contributed by atoms with E-state index in [1.54, 1.807) is 6.33 Å². The quantitative estimate of drug-likeness (QED) is 0.664. The van der Waals surface area contributed by atoms with Gasteiger partial charge in [-0.15, -0.1) is 0 Å². The topological polar surface area (TPSA) is 52.0 Å². The van der Waals surface area contributed by atoms with Gasteiger partial charge in [0, 0.05) is 6.61 Å². The van der Waals surface area contributed by atoms with E-state index in [0.29, 0.717) is 12.5 Å². The van der Waals surface area contributed by atoms with Crippen LogP contribution < -0.4 is 5.32 Å². The van der Waals surface area contributed by atoms with Crippen molar-refractivity contribution >= 4 is 0 Å². The van der Waals surface area contributed by atoms with Crippen molar-refractivity contribution in [3.05, 3.63) is 12.2 Å². The first kappa shape index (κ1) is 14.1. The fraction of sp³-hybridized carbons (Fsp3) is 0.833. The first-order chi connectivity index (χ1) is 8.22. The third-order valence-electron chi connectivity index (χ3n) is 2.21. The van der Waals surface area contributed by atoms with E-state index in [0.717, 1.165) is 38.5 Å². The molecule has 0 saturated heterocycles. The number of hydrogen-bond acceptors (Lipinski definition) is 4. The molecule has 0 bridgehead atoms. The van der Waals surface area contributed by atoms with Crippen LogP contribution in [0.3, 0.4) is 0 Å². The third-order valence-corrected chi connectivity index (χ3v) is 2.21. The monoisotopic (exact) mass is 240 g/mol. The van der Waals surface area contributed by atoms with E-state index in [-0.39, 0.29) is 0 Å². The first-order valence-electron chi connectivity index (χ1n) is 6.39. The molecule has 0 spiro atoms. The maximum absolute atomic E-state index is 5.50. The van der Waals surface area contributed by atoms with Gasteiger partial charge in [-0.3, -0.25) is 4.68 Å². The SMILES string of the molecule is CCCNCc1ncn(CCOCC(C)C)n1. The van der Waals surface area contributed by atoms with Crippen LogP contribution >= 0.6 is 0 Å². The highest BCUT2D eigenvalue weighted by molar-refractivity contribution is 4.80. The molecule has 1 aromatic heterocycles. The van der Waals surface area contributed by atoms with Gasteiger partial charge in [0.25, 0.3) is 0 Å². The van der Waals surface area contributed by atoms with Crippen LogP contribution in [0.15, 0.2) is 6.33 Å². The van der Waals surface area contributed by atoms with Crippen molar-refractivity contribution in [3.63, 3.8) is 0 Å². The van der Waals surface area contributed by atoms with Crippen LogP contribution in [0.5, 0.6) is 0 Å². The van der Waals surface area contributed by atoms with Crippen molar-refractivity contribution in [1.82, 2.24) is 20.1 Å². The van der Waals surface area contributed by atoms with Crippen LogP contribution in [-0.4, -0.2) is 34.5 Å². The molecule has 1 aromatic rings. The molecule has 1 heterocycles. The Balaban J connectivity index is 2.16. The normalized spacial score (nSPS) is 11.3. The summed E-state index contributed by atoms with van der Waals surface area (Å²) in [6, 6.07) is 0. The van der Waals surface area contributed by atoms with E-state index in [9.17, 15) is 0 Å². The summed E-state index contributed by atoms with van der Waals surface area (Å²) in [6.07, 6.45) is 2.89.